The van der Waals surface area contributed by atoms with Crippen molar-refractivity contribution in [2.24, 2.45) is 0 Å². The Morgan fingerprint density at radius 3 is 2.41 bits per heavy atom. The van der Waals surface area contributed by atoms with Crippen LogP contribution in [0.1, 0.15) is 27.5 Å². The molecule has 0 saturated carbocycles. The molecule has 1 atom stereocenters. The number of amides is 1. The minimum absolute atomic E-state index is 0.131. The summed E-state index contributed by atoms with van der Waals surface area (Å²) in [6.45, 7) is 0. The Kier molecular flexibility index (Phi) is 4.51. The van der Waals surface area contributed by atoms with Crippen LogP contribution in [-0.4, -0.2) is 10.9 Å². The quantitative estimate of drug-likeness (QED) is 0.775. The highest BCUT2D eigenvalue weighted by molar-refractivity contribution is 7.08. The Balaban J connectivity index is 1.90. The van der Waals surface area contributed by atoms with E-state index in [1.165, 1.54) is 0 Å². The van der Waals surface area contributed by atoms with Crippen molar-refractivity contribution in [3.8, 4) is 0 Å². The molecule has 0 fully saturated rings. The van der Waals surface area contributed by atoms with Gasteiger partial charge in [-0.25, -0.2) is 0 Å². The van der Waals surface area contributed by atoms with Crippen LogP contribution in [0, 0.1) is 0 Å². The Morgan fingerprint density at radius 2 is 1.77 bits per heavy atom. The fourth-order valence-electron chi connectivity index (χ4n) is 2.17. The first kappa shape index (κ1) is 14.8. The summed E-state index contributed by atoms with van der Waals surface area (Å²) in [6, 6.07) is 12.7. The largest absolute Gasteiger partial charge is 0.341 e. The van der Waals surface area contributed by atoms with Crippen LogP contribution in [0.3, 0.4) is 0 Å². The topological polar surface area (TPSA) is 42.0 Å². The van der Waals surface area contributed by atoms with E-state index in [2.05, 4.69) is 10.3 Å². The number of nitrogens with one attached hydrogen (secondary N) is 1. The van der Waals surface area contributed by atoms with Crippen LogP contribution in [-0.2, 0) is 0 Å². The Bertz CT molecular complexity index is 742. The second kappa shape index (κ2) is 6.73. The average molecular weight is 329 g/mol. The highest BCUT2D eigenvalue weighted by atomic mass is 35.5. The van der Waals surface area contributed by atoms with Crippen LogP contribution in [0.2, 0.25) is 5.02 Å². The van der Waals surface area contributed by atoms with Crippen LogP contribution in [0.25, 0.3) is 0 Å². The molecule has 0 saturated heterocycles. The van der Waals surface area contributed by atoms with Gasteiger partial charge in [0, 0.05) is 23.0 Å². The van der Waals surface area contributed by atoms with Crippen LogP contribution >= 0.6 is 22.9 Å². The zero-order chi connectivity index (χ0) is 15.4. The van der Waals surface area contributed by atoms with E-state index in [9.17, 15) is 4.79 Å². The molecular formula is C17H13ClN2OS. The third-order valence-electron chi connectivity index (χ3n) is 3.30. The molecule has 3 rings (SSSR count). The fraction of sp³-hybridized carbons (Fsp3) is 0.0588. The monoisotopic (exact) mass is 328 g/mol. The highest BCUT2D eigenvalue weighted by Gasteiger charge is 2.18. The first-order valence-electron chi connectivity index (χ1n) is 6.72. The van der Waals surface area contributed by atoms with Gasteiger partial charge in [-0.15, -0.1) is 0 Å². The van der Waals surface area contributed by atoms with Crippen molar-refractivity contribution in [1.29, 1.82) is 0 Å². The maximum Gasteiger partial charge on any atom is 0.252 e. The minimum Gasteiger partial charge on any atom is -0.341 e. The normalized spacial score (nSPS) is 11.9. The number of halogens is 1. The molecule has 0 radical (unpaired) electrons. The van der Waals surface area contributed by atoms with Gasteiger partial charge in [0.05, 0.1) is 6.04 Å². The van der Waals surface area contributed by atoms with Gasteiger partial charge in [-0.2, -0.15) is 11.3 Å². The van der Waals surface area contributed by atoms with E-state index in [4.69, 9.17) is 11.6 Å². The van der Waals surface area contributed by atoms with Gasteiger partial charge in [0.25, 0.3) is 5.91 Å². The van der Waals surface area contributed by atoms with E-state index in [1.54, 1.807) is 35.9 Å². The Hall–Kier alpha value is -2.17. The first-order valence-corrected chi connectivity index (χ1v) is 8.04. The second-order valence-corrected chi connectivity index (χ2v) is 5.97. The third kappa shape index (κ3) is 3.35. The summed E-state index contributed by atoms with van der Waals surface area (Å²) < 4.78 is 0. The van der Waals surface area contributed by atoms with E-state index in [-0.39, 0.29) is 11.9 Å². The third-order valence-corrected chi connectivity index (χ3v) is 4.25. The molecule has 0 aliphatic rings. The van der Waals surface area contributed by atoms with Crippen LogP contribution < -0.4 is 5.32 Å². The predicted molar refractivity (Wildman–Crippen MR) is 89.3 cm³/mol. The number of benzene rings is 1. The Labute approximate surface area is 137 Å². The van der Waals surface area contributed by atoms with E-state index in [0.29, 0.717) is 10.6 Å². The van der Waals surface area contributed by atoms with Crippen molar-refractivity contribution >= 4 is 28.8 Å². The summed E-state index contributed by atoms with van der Waals surface area (Å²) in [5.41, 5.74) is 2.63. The van der Waals surface area contributed by atoms with E-state index >= 15 is 0 Å². The highest BCUT2D eigenvalue weighted by Crippen LogP contribution is 2.25. The molecule has 2 aromatic heterocycles. The van der Waals surface area contributed by atoms with E-state index < -0.39 is 0 Å². The van der Waals surface area contributed by atoms with Gasteiger partial charge in [0.1, 0.15) is 0 Å². The summed E-state index contributed by atoms with van der Waals surface area (Å²) in [5, 5.41) is 7.77. The molecule has 0 aliphatic heterocycles. The van der Waals surface area contributed by atoms with Crippen LogP contribution in [0.15, 0.2) is 65.6 Å². The zero-order valence-corrected chi connectivity index (χ0v) is 13.1. The van der Waals surface area contributed by atoms with Gasteiger partial charge in [-0.05, 0) is 52.2 Å². The first-order chi connectivity index (χ1) is 10.7. The predicted octanol–water partition coefficient (Wildman–Crippen LogP) is 4.32. The van der Waals surface area contributed by atoms with Crippen molar-refractivity contribution in [2.75, 3.05) is 0 Å². The van der Waals surface area contributed by atoms with Crippen LogP contribution in [0.4, 0.5) is 0 Å². The summed E-state index contributed by atoms with van der Waals surface area (Å²) in [6.07, 6.45) is 3.22. The van der Waals surface area contributed by atoms with Crippen molar-refractivity contribution in [3.63, 3.8) is 0 Å². The SMILES string of the molecule is O=C(N[C@H](c1ccc(Cl)cc1)c1ccsc1)c1ccncc1. The van der Waals surface area contributed by atoms with Crippen LogP contribution in [0.5, 0.6) is 0 Å². The maximum absolute atomic E-state index is 12.4. The molecule has 22 heavy (non-hydrogen) atoms. The number of thiophene rings is 1. The lowest BCUT2D eigenvalue weighted by atomic mass is 10.0. The van der Waals surface area contributed by atoms with Crippen molar-refractivity contribution in [2.45, 2.75) is 6.04 Å². The number of pyridine rings is 1. The average Bonchev–Trinajstić information content (AvgIpc) is 3.08. The van der Waals surface area contributed by atoms with Gasteiger partial charge >= 0.3 is 0 Å². The molecule has 0 unspecified atom stereocenters. The number of carbonyl (C=O) groups excluding carboxylic acids is 1. The lowest BCUT2D eigenvalue weighted by molar-refractivity contribution is 0.0943. The van der Waals surface area contributed by atoms with Gasteiger partial charge < -0.3 is 5.32 Å². The molecule has 110 valence electrons. The lowest BCUT2D eigenvalue weighted by Gasteiger charge is -2.18. The number of rotatable bonds is 4. The molecule has 0 spiro atoms. The molecule has 0 bridgehead atoms. The molecule has 5 heteroatoms. The minimum atomic E-state index is -0.204. The standard InChI is InChI=1S/C17H13ClN2OS/c18-15-3-1-12(2-4-15)16(14-7-10-22-11-14)20-17(21)13-5-8-19-9-6-13/h1-11,16H,(H,20,21)/t16-/m1/s1. The molecule has 1 N–H and O–H groups in total. The number of nitrogens with zero attached hydrogens (tertiary/aromatic N) is 1. The van der Waals surface area contributed by atoms with Gasteiger partial charge in [0.15, 0.2) is 0 Å². The summed E-state index contributed by atoms with van der Waals surface area (Å²) in [4.78, 5) is 16.4. The van der Waals surface area contributed by atoms with E-state index in [1.807, 2.05) is 41.1 Å². The van der Waals surface area contributed by atoms with Crippen molar-refractivity contribution in [1.82, 2.24) is 10.3 Å². The number of hydrogen-bond donors (Lipinski definition) is 1. The molecule has 1 aromatic carbocycles. The lowest BCUT2D eigenvalue weighted by Crippen LogP contribution is -2.29. The van der Waals surface area contributed by atoms with Crippen molar-refractivity contribution in [3.05, 3.63) is 87.3 Å². The van der Waals surface area contributed by atoms with Gasteiger partial charge in [0.2, 0.25) is 0 Å². The van der Waals surface area contributed by atoms with E-state index in [0.717, 1.165) is 11.1 Å². The second-order valence-electron chi connectivity index (χ2n) is 4.75. The van der Waals surface area contributed by atoms with Gasteiger partial charge in [-0.1, -0.05) is 23.7 Å². The molecule has 0 aliphatic carbocycles. The van der Waals surface area contributed by atoms with Gasteiger partial charge in [-0.3, -0.25) is 9.78 Å². The molecule has 1 amide bonds. The maximum atomic E-state index is 12.4. The molecule has 3 nitrogen and oxygen atoms in total. The molecule has 3 aromatic rings. The summed E-state index contributed by atoms with van der Waals surface area (Å²) in [7, 11) is 0. The fourth-order valence-corrected chi connectivity index (χ4v) is 2.98. The zero-order valence-electron chi connectivity index (χ0n) is 11.6. The molecule has 2 heterocycles. The number of carbonyl (C=O) groups is 1. The number of hydrogen-bond acceptors (Lipinski definition) is 3. The van der Waals surface area contributed by atoms with Crippen molar-refractivity contribution < 1.29 is 4.79 Å². The smallest absolute Gasteiger partial charge is 0.252 e. The summed E-state index contributed by atoms with van der Waals surface area (Å²) >= 11 is 7.55. The number of aromatic nitrogens is 1. The summed E-state index contributed by atoms with van der Waals surface area (Å²) in [5.74, 6) is -0.131. The molecular weight excluding hydrogens is 316 g/mol. The Morgan fingerprint density at radius 1 is 1.05 bits per heavy atom.